The fourth-order valence-corrected chi connectivity index (χ4v) is 4.15. The van der Waals surface area contributed by atoms with Crippen LogP contribution < -0.4 is 21.9 Å². The number of aromatic nitrogens is 7. The number of benzene rings is 1. The molecule has 0 amide bonds. The molecule has 178 valence electrons. The van der Waals surface area contributed by atoms with Gasteiger partial charge in [0.2, 0.25) is 5.95 Å². The molecule has 3 aromatic heterocycles. The first-order valence-electron chi connectivity index (χ1n) is 10.9. The second-order valence-corrected chi connectivity index (χ2v) is 9.21. The van der Waals surface area contributed by atoms with Gasteiger partial charge >= 0.3 is 5.69 Å². The third-order valence-electron chi connectivity index (χ3n) is 5.63. The number of nitrogens with two attached hydrogens (primary N) is 1. The van der Waals surface area contributed by atoms with Crippen molar-refractivity contribution < 1.29 is 0 Å². The third kappa shape index (κ3) is 4.08. The summed E-state index contributed by atoms with van der Waals surface area (Å²) in [5, 5.41) is 8.14. The molecular formula is C23H29N9O2. The molecule has 0 radical (unpaired) electrons. The highest BCUT2D eigenvalue weighted by Gasteiger charge is 2.24. The van der Waals surface area contributed by atoms with E-state index in [2.05, 4.69) is 27.1 Å². The summed E-state index contributed by atoms with van der Waals surface area (Å²) < 4.78 is 6.04. The van der Waals surface area contributed by atoms with E-state index in [4.69, 9.17) is 5.73 Å². The van der Waals surface area contributed by atoms with Crippen molar-refractivity contribution in [3.63, 3.8) is 0 Å². The zero-order chi connectivity index (χ0) is 24.8. The first-order valence-corrected chi connectivity index (χ1v) is 10.9. The van der Waals surface area contributed by atoms with Gasteiger partial charge in [0.1, 0.15) is 5.52 Å². The van der Waals surface area contributed by atoms with Crippen LogP contribution in [-0.4, -0.2) is 52.8 Å². The second kappa shape index (κ2) is 8.46. The Morgan fingerprint density at radius 2 is 1.91 bits per heavy atom. The highest BCUT2D eigenvalue weighted by atomic mass is 16.2. The van der Waals surface area contributed by atoms with Crippen molar-refractivity contribution in [1.82, 2.24) is 33.7 Å². The van der Waals surface area contributed by atoms with Crippen molar-refractivity contribution >= 4 is 28.1 Å². The Balaban J connectivity index is 1.90. The fraction of sp³-hybridized carbons (Fsp3) is 0.435. The zero-order valence-corrected chi connectivity index (χ0v) is 20.3. The smallest absolute Gasteiger partial charge is 0.332 e. The van der Waals surface area contributed by atoms with Crippen molar-refractivity contribution in [1.29, 1.82) is 0 Å². The normalized spacial score (nSPS) is 11.7. The molecule has 0 saturated carbocycles. The van der Waals surface area contributed by atoms with E-state index in [1.807, 2.05) is 51.0 Å². The van der Waals surface area contributed by atoms with E-state index in [0.717, 1.165) is 11.1 Å². The number of aryl methyl sites for hydroxylation is 2. The summed E-state index contributed by atoms with van der Waals surface area (Å²) in [6.07, 6.45) is 0. The molecule has 0 aliphatic rings. The van der Waals surface area contributed by atoms with Crippen molar-refractivity contribution in [2.45, 2.75) is 39.4 Å². The van der Waals surface area contributed by atoms with E-state index in [9.17, 15) is 9.59 Å². The highest BCUT2D eigenvalue weighted by Crippen LogP contribution is 2.20. The van der Waals surface area contributed by atoms with Gasteiger partial charge in [-0.15, -0.1) is 11.0 Å². The molecule has 4 aromatic rings. The van der Waals surface area contributed by atoms with Crippen molar-refractivity contribution in [2.75, 3.05) is 18.5 Å². The fourth-order valence-electron chi connectivity index (χ4n) is 4.15. The summed E-state index contributed by atoms with van der Waals surface area (Å²) in [7, 11) is 5.29. The van der Waals surface area contributed by atoms with Gasteiger partial charge in [-0.1, -0.05) is 17.2 Å². The monoisotopic (exact) mass is 463 g/mol. The lowest BCUT2D eigenvalue weighted by atomic mass is 10.1. The van der Waals surface area contributed by atoms with Crippen LogP contribution in [0.15, 0.2) is 27.8 Å². The van der Waals surface area contributed by atoms with E-state index in [-0.39, 0.29) is 13.1 Å². The molecule has 11 nitrogen and oxygen atoms in total. The predicted octanol–water partition coefficient (Wildman–Crippen LogP) is 0.424. The van der Waals surface area contributed by atoms with Crippen LogP contribution in [0.5, 0.6) is 0 Å². The number of imidazole rings is 1. The van der Waals surface area contributed by atoms with Gasteiger partial charge in [-0.2, -0.15) is 4.98 Å². The van der Waals surface area contributed by atoms with Gasteiger partial charge in [0.25, 0.3) is 5.56 Å². The molecule has 3 heterocycles. The van der Waals surface area contributed by atoms with Crippen molar-refractivity contribution in [3.8, 4) is 11.8 Å². The van der Waals surface area contributed by atoms with Gasteiger partial charge in [0.15, 0.2) is 11.2 Å². The number of likely N-dealkylation sites (N-methyl/N-ethyl adjacent to an activating group) is 1. The maximum Gasteiger partial charge on any atom is 0.332 e. The number of nitrogens with zero attached hydrogens (tertiary/aromatic N) is 8. The largest absolute Gasteiger partial charge is 0.343 e. The minimum atomic E-state index is -0.487. The van der Waals surface area contributed by atoms with Crippen LogP contribution in [0.1, 0.15) is 26.3 Å². The zero-order valence-electron chi connectivity index (χ0n) is 20.3. The van der Waals surface area contributed by atoms with Crippen LogP contribution in [0.4, 0.5) is 5.95 Å². The van der Waals surface area contributed by atoms with Gasteiger partial charge in [0.05, 0.1) is 18.6 Å². The van der Waals surface area contributed by atoms with Gasteiger partial charge in [0, 0.05) is 33.2 Å². The summed E-state index contributed by atoms with van der Waals surface area (Å²) >= 11 is 0. The predicted molar refractivity (Wildman–Crippen MR) is 132 cm³/mol. The molecule has 0 bridgehead atoms. The molecular weight excluding hydrogens is 434 g/mol. The molecule has 1 aromatic carbocycles. The molecule has 0 atom stereocenters. The van der Waals surface area contributed by atoms with Crippen LogP contribution in [0.2, 0.25) is 0 Å². The maximum absolute atomic E-state index is 13.6. The standard InChI is InChI=1S/C23H29N9O2/c1-7-8-11-31-18-19(25-21(31)28(4)14-23(2,3)24)29(5)22(34)32(20(18)33)13-15-9-10-17-16(12-15)26-27-30(17)6/h9-10,12H,11,13-14,24H2,1-6H3. The molecule has 0 spiro atoms. The van der Waals surface area contributed by atoms with Crippen LogP contribution in [0.25, 0.3) is 22.2 Å². The molecule has 34 heavy (non-hydrogen) atoms. The Hall–Kier alpha value is -3.91. The summed E-state index contributed by atoms with van der Waals surface area (Å²) in [6, 6.07) is 5.58. The van der Waals surface area contributed by atoms with Gasteiger partial charge < -0.3 is 10.6 Å². The Kier molecular flexibility index (Phi) is 5.79. The summed E-state index contributed by atoms with van der Waals surface area (Å²) in [6.45, 7) is 6.42. The van der Waals surface area contributed by atoms with E-state index in [0.29, 0.717) is 29.2 Å². The lowest BCUT2D eigenvalue weighted by Gasteiger charge is -2.27. The molecule has 11 heteroatoms. The first kappa shape index (κ1) is 23.3. The third-order valence-corrected chi connectivity index (χ3v) is 5.63. The Bertz CT molecular complexity index is 1570. The van der Waals surface area contributed by atoms with Crippen LogP contribution >= 0.6 is 0 Å². The number of anilines is 1. The molecule has 0 fully saturated rings. The van der Waals surface area contributed by atoms with E-state index in [1.165, 1.54) is 9.13 Å². The number of hydrogen-bond donors (Lipinski definition) is 1. The second-order valence-electron chi connectivity index (χ2n) is 9.21. The lowest BCUT2D eigenvalue weighted by Crippen LogP contribution is -2.44. The van der Waals surface area contributed by atoms with Gasteiger partial charge in [-0.25, -0.2) is 9.48 Å². The quantitative estimate of drug-likeness (QED) is 0.411. The molecule has 0 unspecified atom stereocenters. The Morgan fingerprint density at radius 1 is 1.18 bits per heavy atom. The van der Waals surface area contributed by atoms with Crippen molar-refractivity contribution in [3.05, 3.63) is 44.6 Å². The minimum absolute atomic E-state index is 0.0968. The summed E-state index contributed by atoms with van der Waals surface area (Å²) in [5.74, 6) is 6.42. The van der Waals surface area contributed by atoms with Crippen LogP contribution in [0, 0.1) is 11.8 Å². The minimum Gasteiger partial charge on any atom is -0.343 e. The highest BCUT2D eigenvalue weighted by molar-refractivity contribution is 5.76. The van der Waals surface area contributed by atoms with Gasteiger partial charge in [-0.3, -0.25) is 18.5 Å². The van der Waals surface area contributed by atoms with Crippen LogP contribution in [-0.2, 0) is 27.2 Å². The Morgan fingerprint density at radius 3 is 2.59 bits per heavy atom. The van der Waals surface area contributed by atoms with Crippen LogP contribution in [0.3, 0.4) is 0 Å². The van der Waals surface area contributed by atoms with Crippen molar-refractivity contribution in [2.24, 2.45) is 19.8 Å². The molecule has 2 N–H and O–H groups in total. The maximum atomic E-state index is 13.6. The average Bonchev–Trinajstić information content (AvgIpc) is 3.33. The summed E-state index contributed by atoms with van der Waals surface area (Å²) in [4.78, 5) is 33.4. The molecule has 0 saturated heterocycles. The lowest BCUT2D eigenvalue weighted by molar-refractivity contribution is 0.512. The number of fused-ring (bicyclic) bond motifs is 2. The molecule has 0 aliphatic carbocycles. The SMILES string of the molecule is CC#CCn1c(N(C)CC(C)(C)N)nc2c1c(=O)n(Cc1ccc3c(c1)nnn3C)c(=O)n2C. The molecule has 0 aliphatic heterocycles. The topological polar surface area (TPSA) is 122 Å². The average molecular weight is 464 g/mol. The Labute approximate surface area is 196 Å². The van der Waals surface area contributed by atoms with E-state index in [1.54, 1.807) is 23.2 Å². The number of rotatable bonds is 6. The molecule has 4 rings (SSSR count). The summed E-state index contributed by atoms with van der Waals surface area (Å²) in [5.41, 5.74) is 7.82. The van der Waals surface area contributed by atoms with E-state index < -0.39 is 16.8 Å². The number of hydrogen-bond acceptors (Lipinski definition) is 7. The van der Waals surface area contributed by atoms with Gasteiger partial charge in [-0.05, 0) is 38.5 Å². The first-order chi connectivity index (χ1) is 16.0. The van der Waals surface area contributed by atoms with E-state index >= 15 is 0 Å².